The largest absolute Gasteiger partial charge is 0.476 e. The number of nitrogens with zero attached hydrogens (tertiary/aromatic N) is 2. The molecule has 0 spiro atoms. The molecule has 0 saturated carbocycles. The maximum absolute atomic E-state index is 10.6. The second-order valence-corrected chi connectivity index (χ2v) is 2.97. The lowest BCUT2D eigenvalue weighted by molar-refractivity contribution is 0.0688. The van der Waals surface area contributed by atoms with E-state index in [0.29, 0.717) is 10.7 Å². The van der Waals surface area contributed by atoms with E-state index < -0.39 is 5.97 Å². The zero-order chi connectivity index (χ0) is 9.14. The van der Waals surface area contributed by atoms with Crippen molar-refractivity contribution in [1.29, 1.82) is 0 Å². The first-order chi connectivity index (χ1) is 5.65. The van der Waals surface area contributed by atoms with Gasteiger partial charge in [0.1, 0.15) is 0 Å². The van der Waals surface area contributed by atoms with Crippen LogP contribution in [0.25, 0.3) is 0 Å². The molecule has 1 rings (SSSR count). The summed E-state index contributed by atoms with van der Waals surface area (Å²) in [5.74, 6) is -1.01. The van der Waals surface area contributed by atoms with Crippen molar-refractivity contribution in [2.24, 2.45) is 0 Å². The molecular weight excluding hydrogens is 176 g/mol. The summed E-state index contributed by atoms with van der Waals surface area (Å²) >= 11 is 1.32. The lowest BCUT2D eigenvalue weighted by Crippen LogP contribution is -2.05. The third-order valence-electron chi connectivity index (χ3n) is 1.33. The minimum atomic E-state index is -1.01. The quantitative estimate of drug-likeness (QED) is 0.552. The number of aromatic nitrogens is 2. The van der Waals surface area contributed by atoms with Gasteiger partial charge in [-0.25, -0.2) is 14.8 Å². The number of carboxylic acid groups (broad SMARTS) is 1. The molecule has 0 bridgehead atoms. The fraction of sp³-hybridized carbons (Fsp3) is 0.286. The number of carboxylic acids is 1. The first-order valence-corrected chi connectivity index (χ1v) is 4.48. The maximum atomic E-state index is 10.6. The molecule has 64 valence electrons. The van der Waals surface area contributed by atoms with Crippen LogP contribution < -0.4 is 0 Å². The molecule has 5 heteroatoms. The topological polar surface area (TPSA) is 63.1 Å². The molecule has 1 aromatic heterocycles. The normalized spacial score (nSPS) is 9.83. The Morgan fingerprint density at radius 1 is 1.67 bits per heavy atom. The van der Waals surface area contributed by atoms with Crippen LogP contribution in [0.4, 0.5) is 0 Å². The molecule has 1 N–H and O–H groups in total. The van der Waals surface area contributed by atoms with E-state index >= 15 is 0 Å². The number of hydrogen-bond acceptors (Lipinski definition) is 4. The van der Waals surface area contributed by atoms with E-state index in [-0.39, 0.29) is 5.69 Å². The second-order valence-electron chi connectivity index (χ2n) is 2.19. The molecule has 1 aromatic rings. The molecule has 0 atom stereocenters. The van der Waals surface area contributed by atoms with Crippen LogP contribution in [0.5, 0.6) is 0 Å². The molecule has 0 aliphatic rings. The van der Waals surface area contributed by atoms with Gasteiger partial charge in [0.15, 0.2) is 10.9 Å². The first-order valence-electron chi connectivity index (χ1n) is 3.26. The van der Waals surface area contributed by atoms with Gasteiger partial charge in [0.25, 0.3) is 0 Å². The highest BCUT2D eigenvalue weighted by molar-refractivity contribution is 7.98. The van der Waals surface area contributed by atoms with E-state index in [2.05, 4.69) is 9.97 Å². The number of aryl methyl sites for hydroxylation is 1. The Morgan fingerprint density at radius 2 is 2.33 bits per heavy atom. The molecular formula is C7H8N2O2S. The minimum absolute atomic E-state index is 0.0781. The predicted molar refractivity (Wildman–Crippen MR) is 45.5 cm³/mol. The smallest absolute Gasteiger partial charge is 0.354 e. The molecule has 0 amide bonds. The van der Waals surface area contributed by atoms with Gasteiger partial charge in [0.05, 0.1) is 0 Å². The zero-order valence-corrected chi connectivity index (χ0v) is 7.55. The van der Waals surface area contributed by atoms with Crippen molar-refractivity contribution in [3.05, 3.63) is 17.5 Å². The molecule has 0 unspecified atom stereocenters. The standard InChI is InChI=1S/C7H8N2O2S/c1-4-3-8-7(12-2)9-5(4)6(10)11/h3H,1-2H3,(H,10,11). The monoisotopic (exact) mass is 184 g/mol. The molecule has 0 saturated heterocycles. The van der Waals surface area contributed by atoms with Gasteiger partial charge in [-0.05, 0) is 13.2 Å². The fourth-order valence-corrected chi connectivity index (χ4v) is 1.08. The number of hydrogen-bond donors (Lipinski definition) is 1. The van der Waals surface area contributed by atoms with Gasteiger partial charge < -0.3 is 5.11 Å². The average Bonchev–Trinajstić information content (AvgIpc) is 2.05. The van der Waals surface area contributed by atoms with E-state index in [0.717, 1.165) is 0 Å². The number of rotatable bonds is 2. The fourth-order valence-electron chi connectivity index (χ4n) is 0.741. The zero-order valence-electron chi connectivity index (χ0n) is 6.74. The molecule has 12 heavy (non-hydrogen) atoms. The van der Waals surface area contributed by atoms with Crippen LogP contribution in [0.15, 0.2) is 11.4 Å². The Morgan fingerprint density at radius 3 is 2.83 bits per heavy atom. The Kier molecular flexibility index (Phi) is 2.65. The van der Waals surface area contributed by atoms with Crippen molar-refractivity contribution in [3.8, 4) is 0 Å². The van der Waals surface area contributed by atoms with Crippen LogP contribution in [0.3, 0.4) is 0 Å². The average molecular weight is 184 g/mol. The van der Waals surface area contributed by atoms with Crippen LogP contribution in [0, 0.1) is 6.92 Å². The Hall–Kier alpha value is -1.10. The Bertz CT molecular complexity index is 314. The van der Waals surface area contributed by atoms with Gasteiger partial charge >= 0.3 is 5.97 Å². The van der Waals surface area contributed by atoms with Crippen molar-refractivity contribution >= 4 is 17.7 Å². The van der Waals surface area contributed by atoms with Crippen LogP contribution in [0.2, 0.25) is 0 Å². The number of aromatic carboxylic acids is 1. The summed E-state index contributed by atoms with van der Waals surface area (Å²) in [5.41, 5.74) is 0.662. The van der Waals surface area contributed by atoms with E-state index in [1.807, 2.05) is 0 Å². The number of thioether (sulfide) groups is 1. The van der Waals surface area contributed by atoms with Crippen molar-refractivity contribution < 1.29 is 9.90 Å². The van der Waals surface area contributed by atoms with Crippen molar-refractivity contribution in [1.82, 2.24) is 9.97 Å². The summed E-state index contributed by atoms with van der Waals surface area (Å²) in [4.78, 5) is 18.4. The lowest BCUT2D eigenvalue weighted by Gasteiger charge is -1.99. The SMILES string of the molecule is CSc1ncc(C)c(C(=O)O)n1. The summed E-state index contributed by atoms with van der Waals surface area (Å²) in [5, 5.41) is 9.17. The Balaban J connectivity index is 3.17. The summed E-state index contributed by atoms with van der Waals surface area (Å²) < 4.78 is 0. The minimum Gasteiger partial charge on any atom is -0.476 e. The molecule has 0 fully saturated rings. The Labute approximate surface area is 74.0 Å². The highest BCUT2D eigenvalue weighted by Crippen LogP contribution is 2.10. The summed E-state index contributed by atoms with van der Waals surface area (Å²) in [7, 11) is 0. The van der Waals surface area contributed by atoms with Crippen LogP contribution >= 0.6 is 11.8 Å². The molecule has 4 nitrogen and oxygen atoms in total. The van der Waals surface area contributed by atoms with Gasteiger partial charge in [0, 0.05) is 11.8 Å². The van der Waals surface area contributed by atoms with E-state index in [1.54, 1.807) is 13.2 Å². The van der Waals surface area contributed by atoms with Crippen molar-refractivity contribution in [2.75, 3.05) is 6.26 Å². The predicted octanol–water partition coefficient (Wildman–Crippen LogP) is 1.21. The third kappa shape index (κ3) is 1.73. The van der Waals surface area contributed by atoms with Gasteiger partial charge in [-0.3, -0.25) is 0 Å². The molecule has 0 aromatic carbocycles. The van der Waals surface area contributed by atoms with Crippen LogP contribution in [-0.2, 0) is 0 Å². The summed E-state index contributed by atoms with van der Waals surface area (Å²) in [6.45, 7) is 1.67. The van der Waals surface area contributed by atoms with Gasteiger partial charge in [-0.15, -0.1) is 0 Å². The van der Waals surface area contributed by atoms with Crippen LogP contribution in [-0.4, -0.2) is 27.3 Å². The van der Waals surface area contributed by atoms with E-state index in [1.165, 1.54) is 18.0 Å². The van der Waals surface area contributed by atoms with E-state index in [9.17, 15) is 4.79 Å². The molecule has 0 aliphatic heterocycles. The number of carbonyl (C=O) groups is 1. The third-order valence-corrected chi connectivity index (χ3v) is 1.90. The maximum Gasteiger partial charge on any atom is 0.354 e. The van der Waals surface area contributed by atoms with E-state index in [4.69, 9.17) is 5.11 Å². The van der Waals surface area contributed by atoms with Crippen molar-refractivity contribution in [3.63, 3.8) is 0 Å². The van der Waals surface area contributed by atoms with Gasteiger partial charge in [0.2, 0.25) is 0 Å². The summed E-state index contributed by atoms with van der Waals surface area (Å²) in [6, 6.07) is 0. The van der Waals surface area contributed by atoms with Crippen molar-refractivity contribution in [2.45, 2.75) is 12.1 Å². The van der Waals surface area contributed by atoms with Gasteiger partial charge in [-0.2, -0.15) is 0 Å². The summed E-state index contributed by atoms with van der Waals surface area (Å²) in [6.07, 6.45) is 3.32. The van der Waals surface area contributed by atoms with Crippen LogP contribution in [0.1, 0.15) is 16.1 Å². The highest BCUT2D eigenvalue weighted by Gasteiger charge is 2.09. The first kappa shape index (κ1) is 8.99. The molecule has 0 radical (unpaired) electrons. The molecule has 1 heterocycles. The molecule has 0 aliphatic carbocycles. The lowest BCUT2D eigenvalue weighted by atomic mass is 10.3. The highest BCUT2D eigenvalue weighted by atomic mass is 32.2. The second kappa shape index (κ2) is 3.53. The van der Waals surface area contributed by atoms with Gasteiger partial charge in [-0.1, -0.05) is 11.8 Å².